The number of carbonyl (C=O) groups is 1. The Morgan fingerprint density at radius 2 is 1.26 bits per heavy atom. The first kappa shape index (κ1) is 28.5. The minimum absolute atomic E-state index is 0.109. The van der Waals surface area contributed by atoms with Crippen molar-refractivity contribution in [1.29, 1.82) is 0 Å². The summed E-state index contributed by atoms with van der Waals surface area (Å²) in [5.74, 6) is 0.262. The number of nitrogens with one attached hydrogen (secondary N) is 1. The van der Waals surface area contributed by atoms with Gasteiger partial charge in [-0.05, 0) is 80.1 Å². The molecule has 0 aromatic heterocycles. The number of aryl methyl sites for hydroxylation is 1. The maximum atomic E-state index is 13.1. The fourth-order valence-corrected chi connectivity index (χ4v) is 8.06. The Bertz CT molecular complexity index is 1310. The third-order valence-electron chi connectivity index (χ3n) is 7.17. The summed E-state index contributed by atoms with van der Waals surface area (Å²) in [6.07, 6.45) is 6.96. The van der Waals surface area contributed by atoms with Gasteiger partial charge in [-0.1, -0.05) is 19.3 Å². The Kier molecular flexibility index (Phi) is 9.45. The Morgan fingerprint density at radius 3 is 1.82 bits per heavy atom. The normalized spacial score (nSPS) is 18.0. The lowest BCUT2D eigenvalue weighted by atomic mass is 10.1. The average molecular weight is 564 g/mol. The molecule has 0 spiro atoms. The zero-order valence-electron chi connectivity index (χ0n) is 21.9. The van der Waals surface area contributed by atoms with Crippen LogP contribution in [0.2, 0.25) is 0 Å². The molecule has 0 bridgehead atoms. The summed E-state index contributed by atoms with van der Waals surface area (Å²) in [5.41, 5.74) is 1.14. The third-order valence-corrected chi connectivity index (χ3v) is 11.0. The lowest BCUT2D eigenvalue weighted by Crippen LogP contribution is -2.35. The molecule has 0 saturated carbocycles. The van der Waals surface area contributed by atoms with Gasteiger partial charge in [0.05, 0.1) is 16.9 Å². The van der Waals surface area contributed by atoms with Gasteiger partial charge in [0, 0.05) is 38.3 Å². The number of anilines is 1. The van der Waals surface area contributed by atoms with Gasteiger partial charge in [0.15, 0.2) is 0 Å². The van der Waals surface area contributed by atoms with Crippen molar-refractivity contribution in [3.63, 3.8) is 0 Å². The number of methoxy groups -OCH3 is 1. The van der Waals surface area contributed by atoms with Gasteiger partial charge in [-0.2, -0.15) is 8.61 Å². The smallest absolute Gasteiger partial charge is 0.243 e. The first-order chi connectivity index (χ1) is 18.2. The zero-order valence-corrected chi connectivity index (χ0v) is 23.5. The topological polar surface area (TPSA) is 113 Å². The van der Waals surface area contributed by atoms with Crippen LogP contribution in [0.5, 0.6) is 5.75 Å². The molecule has 11 heteroatoms. The largest absolute Gasteiger partial charge is 0.496 e. The zero-order chi connectivity index (χ0) is 27.2. The molecule has 1 N–H and O–H groups in total. The minimum Gasteiger partial charge on any atom is -0.496 e. The molecular weight excluding hydrogens is 526 g/mol. The highest BCUT2D eigenvalue weighted by Gasteiger charge is 2.27. The van der Waals surface area contributed by atoms with Gasteiger partial charge in [0.1, 0.15) is 5.75 Å². The second-order valence-electron chi connectivity index (χ2n) is 9.83. The van der Waals surface area contributed by atoms with Crippen molar-refractivity contribution in [2.45, 2.75) is 67.6 Å². The summed E-state index contributed by atoms with van der Waals surface area (Å²) < 4.78 is 60.6. The van der Waals surface area contributed by atoms with Crippen molar-refractivity contribution < 1.29 is 26.4 Å². The number of nitrogens with zero attached hydrogens (tertiary/aromatic N) is 2. The van der Waals surface area contributed by atoms with Crippen LogP contribution in [0, 0.1) is 0 Å². The number of carbonyl (C=O) groups excluding carboxylic acids is 1. The van der Waals surface area contributed by atoms with E-state index >= 15 is 0 Å². The molecule has 2 heterocycles. The van der Waals surface area contributed by atoms with E-state index in [1.165, 1.54) is 23.5 Å². The molecule has 9 nitrogen and oxygen atoms in total. The predicted molar refractivity (Wildman–Crippen MR) is 146 cm³/mol. The number of sulfonamides is 2. The summed E-state index contributed by atoms with van der Waals surface area (Å²) in [6.45, 7) is 2.10. The number of amides is 1. The minimum atomic E-state index is -3.60. The summed E-state index contributed by atoms with van der Waals surface area (Å²) >= 11 is 0. The van der Waals surface area contributed by atoms with Gasteiger partial charge in [-0.15, -0.1) is 0 Å². The molecule has 0 unspecified atom stereocenters. The van der Waals surface area contributed by atoms with Crippen molar-refractivity contribution in [3.05, 3.63) is 48.0 Å². The molecule has 1 amide bonds. The first-order valence-corrected chi connectivity index (χ1v) is 16.2. The van der Waals surface area contributed by atoms with E-state index in [1.54, 1.807) is 34.6 Å². The highest BCUT2D eigenvalue weighted by Crippen LogP contribution is 2.28. The van der Waals surface area contributed by atoms with Crippen LogP contribution in [0.1, 0.15) is 56.9 Å². The number of ether oxygens (including phenoxy) is 1. The summed E-state index contributed by atoms with van der Waals surface area (Å²) in [5, 5.41) is 2.80. The van der Waals surface area contributed by atoms with E-state index < -0.39 is 20.0 Å². The van der Waals surface area contributed by atoms with Crippen LogP contribution in [-0.4, -0.2) is 64.6 Å². The van der Waals surface area contributed by atoms with Gasteiger partial charge in [0.2, 0.25) is 26.0 Å². The molecule has 2 aliphatic heterocycles. The monoisotopic (exact) mass is 563 g/mol. The third kappa shape index (κ3) is 6.74. The van der Waals surface area contributed by atoms with Crippen molar-refractivity contribution in [2.75, 3.05) is 38.6 Å². The molecule has 0 atom stereocenters. The lowest BCUT2D eigenvalue weighted by Gasteiger charge is -2.26. The van der Waals surface area contributed by atoms with E-state index in [9.17, 15) is 21.6 Å². The van der Waals surface area contributed by atoms with Crippen molar-refractivity contribution >= 4 is 31.6 Å². The standard InChI is InChI=1S/C27H37N3O6S2/c1-36-26-15-14-25(38(34,35)30-19-7-4-8-20-30)21-22(26)9-16-27(31)28-23-10-12-24(13-11-23)37(32,33)29-17-5-2-3-6-18-29/h10-15,21H,2-9,16-20H2,1H3,(H,28,31). The fraction of sp³-hybridized carbons (Fsp3) is 0.519. The first-order valence-electron chi connectivity index (χ1n) is 13.3. The van der Waals surface area contributed by atoms with E-state index in [0.717, 1.165) is 44.9 Å². The van der Waals surface area contributed by atoms with Crippen LogP contribution in [-0.2, 0) is 31.3 Å². The number of piperidine rings is 1. The molecular formula is C27H37N3O6S2. The maximum absolute atomic E-state index is 13.1. The maximum Gasteiger partial charge on any atom is 0.243 e. The molecule has 0 aliphatic carbocycles. The van der Waals surface area contributed by atoms with E-state index in [1.807, 2.05) is 0 Å². The summed E-state index contributed by atoms with van der Waals surface area (Å²) in [4.78, 5) is 13.1. The molecule has 4 rings (SSSR count). The van der Waals surface area contributed by atoms with Gasteiger partial charge in [0.25, 0.3) is 0 Å². The van der Waals surface area contributed by atoms with Crippen molar-refractivity contribution in [3.8, 4) is 5.75 Å². The SMILES string of the molecule is COc1ccc(S(=O)(=O)N2CCCCC2)cc1CCC(=O)Nc1ccc(S(=O)(=O)N2CCCCCC2)cc1. The van der Waals surface area contributed by atoms with Crippen LogP contribution in [0.4, 0.5) is 5.69 Å². The molecule has 2 fully saturated rings. The average Bonchev–Trinajstić information content (AvgIpc) is 3.23. The van der Waals surface area contributed by atoms with E-state index in [0.29, 0.717) is 49.6 Å². The van der Waals surface area contributed by atoms with Crippen LogP contribution >= 0.6 is 0 Å². The molecule has 2 aliphatic rings. The molecule has 208 valence electrons. The number of benzene rings is 2. The van der Waals surface area contributed by atoms with Gasteiger partial charge >= 0.3 is 0 Å². The van der Waals surface area contributed by atoms with Gasteiger partial charge in [-0.25, -0.2) is 16.8 Å². The number of hydrogen-bond donors (Lipinski definition) is 1. The van der Waals surface area contributed by atoms with Crippen molar-refractivity contribution in [2.24, 2.45) is 0 Å². The molecule has 2 aromatic rings. The van der Waals surface area contributed by atoms with Crippen molar-refractivity contribution in [1.82, 2.24) is 8.61 Å². The van der Waals surface area contributed by atoms with Crippen LogP contribution in [0.25, 0.3) is 0 Å². The van der Waals surface area contributed by atoms with Gasteiger partial charge in [-0.3, -0.25) is 4.79 Å². The van der Waals surface area contributed by atoms with Crippen LogP contribution in [0.3, 0.4) is 0 Å². The Hall–Kier alpha value is -2.47. The Labute approximate surface area is 226 Å². The lowest BCUT2D eigenvalue weighted by molar-refractivity contribution is -0.116. The second kappa shape index (κ2) is 12.6. The summed E-state index contributed by atoms with van der Waals surface area (Å²) in [6, 6.07) is 11.0. The molecule has 2 aromatic carbocycles. The fourth-order valence-electron chi connectivity index (χ4n) is 4.98. The predicted octanol–water partition coefficient (Wildman–Crippen LogP) is 4.01. The van der Waals surface area contributed by atoms with E-state index in [4.69, 9.17) is 4.74 Å². The highest BCUT2D eigenvalue weighted by atomic mass is 32.2. The second-order valence-corrected chi connectivity index (χ2v) is 13.7. The van der Waals surface area contributed by atoms with Crippen LogP contribution < -0.4 is 10.1 Å². The van der Waals surface area contributed by atoms with E-state index in [2.05, 4.69) is 5.32 Å². The Balaban J connectivity index is 1.39. The molecule has 0 radical (unpaired) electrons. The molecule has 38 heavy (non-hydrogen) atoms. The highest BCUT2D eigenvalue weighted by molar-refractivity contribution is 7.89. The molecule has 2 saturated heterocycles. The Morgan fingerprint density at radius 1 is 0.763 bits per heavy atom. The summed E-state index contributed by atoms with van der Waals surface area (Å²) in [7, 11) is -5.64. The van der Waals surface area contributed by atoms with Gasteiger partial charge < -0.3 is 10.1 Å². The van der Waals surface area contributed by atoms with Crippen LogP contribution in [0.15, 0.2) is 52.3 Å². The van der Waals surface area contributed by atoms with E-state index in [-0.39, 0.29) is 22.1 Å². The quantitative estimate of drug-likeness (QED) is 0.493. The number of rotatable bonds is 9. The number of hydrogen-bond acceptors (Lipinski definition) is 6.